The van der Waals surface area contributed by atoms with Crippen LogP contribution in [0.3, 0.4) is 0 Å². The topological polar surface area (TPSA) is 78.1 Å². The van der Waals surface area contributed by atoms with E-state index in [4.69, 9.17) is 18.9 Å². The van der Waals surface area contributed by atoms with Crippen molar-refractivity contribution in [1.82, 2.24) is 0 Å². The second-order valence-electron chi connectivity index (χ2n) is 8.90. The van der Waals surface area contributed by atoms with Gasteiger partial charge in [-0.05, 0) is 59.9 Å². The molecule has 1 aliphatic heterocycles. The molecule has 0 saturated carbocycles. The average Bonchev–Trinajstić information content (AvgIpc) is 3.09. The molecule has 7 heteroatoms. The minimum absolute atomic E-state index is 0.0699. The van der Waals surface area contributed by atoms with E-state index in [0.717, 1.165) is 39.5 Å². The molecular weight excluding hydrogens is 456 g/mol. The fraction of sp³-hybridized carbons (Fsp3) is 0.276. The van der Waals surface area contributed by atoms with Gasteiger partial charge in [-0.25, -0.2) is 0 Å². The van der Waals surface area contributed by atoms with E-state index in [0.29, 0.717) is 30.1 Å². The molecule has 7 nitrogen and oxygen atoms in total. The third kappa shape index (κ3) is 4.21. The molecule has 3 aromatic rings. The Kier molecular flexibility index (Phi) is 6.46. The smallest absolute Gasteiger partial charge is 0.203 e. The summed E-state index contributed by atoms with van der Waals surface area (Å²) in [6.45, 7) is 0. The highest BCUT2D eigenvalue weighted by molar-refractivity contribution is 6.01. The van der Waals surface area contributed by atoms with Crippen LogP contribution in [0.4, 0.5) is 11.4 Å². The molecule has 1 heterocycles. The maximum atomic E-state index is 13.8. The number of hydrogen-bond donors (Lipinski definition) is 2. The number of fused-ring (bicyclic) bond motifs is 1. The molecule has 0 amide bonds. The number of hydrogen-bond acceptors (Lipinski definition) is 7. The number of benzene rings is 3. The lowest BCUT2D eigenvalue weighted by Crippen LogP contribution is -2.27. The predicted molar refractivity (Wildman–Crippen MR) is 140 cm³/mol. The summed E-state index contributed by atoms with van der Waals surface area (Å²) in [7, 11) is 6.41. The van der Waals surface area contributed by atoms with Crippen LogP contribution >= 0.6 is 0 Å². The molecule has 0 aromatic heterocycles. The number of methoxy groups -OCH3 is 4. The number of carbonyl (C=O) groups excluding carboxylic acids is 1. The highest BCUT2D eigenvalue weighted by atomic mass is 16.5. The second-order valence-corrected chi connectivity index (χ2v) is 8.90. The second kappa shape index (κ2) is 9.85. The summed E-state index contributed by atoms with van der Waals surface area (Å²) >= 11 is 0. The number of para-hydroxylation sites is 2. The zero-order chi connectivity index (χ0) is 25.2. The Bertz CT molecular complexity index is 1290. The molecule has 0 saturated heterocycles. The van der Waals surface area contributed by atoms with Crippen molar-refractivity contribution in [2.45, 2.75) is 24.8 Å². The molecule has 36 heavy (non-hydrogen) atoms. The van der Waals surface area contributed by atoms with Crippen LogP contribution in [0.1, 0.15) is 35.9 Å². The van der Waals surface area contributed by atoms with E-state index >= 15 is 0 Å². The normalized spacial score (nSPS) is 18.7. The van der Waals surface area contributed by atoms with Crippen molar-refractivity contribution in [2.75, 3.05) is 39.1 Å². The predicted octanol–water partition coefficient (Wildman–Crippen LogP) is 5.70. The summed E-state index contributed by atoms with van der Waals surface area (Å²) in [5, 5.41) is 7.18. The van der Waals surface area contributed by atoms with Crippen LogP contribution in [-0.2, 0) is 4.79 Å². The molecule has 2 N–H and O–H groups in total. The molecule has 0 radical (unpaired) electrons. The van der Waals surface area contributed by atoms with E-state index < -0.39 is 6.04 Å². The van der Waals surface area contributed by atoms with Crippen LogP contribution in [0.25, 0.3) is 0 Å². The zero-order valence-electron chi connectivity index (χ0n) is 20.9. The maximum absolute atomic E-state index is 13.8. The highest BCUT2D eigenvalue weighted by Crippen LogP contribution is 2.47. The number of allylic oxidation sites excluding steroid dienone is 1. The Hall–Kier alpha value is -4.13. The summed E-state index contributed by atoms with van der Waals surface area (Å²) < 4.78 is 22.0. The van der Waals surface area contributed by atoms with Gasteiger partial charge in [0.05, 0.1) is 45.9 Å². The SMILES string of the molecule is COc1ccc([C@H]2CC(=O)C3=C(C2)Nc2ccccc2N[C@@H]3c2cc(OC)c(OC)c(OC)c2)cc1. The van der Waals surface area contributed by atoms with E-state index in [9.17, 15) is 4.79 Å². The number of Topliss-reactive ketones (excluding diaryl/α,β-unsaturated/α-hetero) is 1. The van der Waals surface area contributed by atoms with Crippen LogP contribution in [-0.4, -0.2) is 34.2 Å². The summed E-state index contributed by atoms with van der Waals surface area (Å²) in [4.78, 5) is 13.8. The van der Waals surface area contributed by atoms with E-state index in [1.54, 1.807) is 28.4 Å². The molecule has 0 bridgehead atoms. The molecular formula is C29H30N2O5. The van der Waals surface area contributed by atoms with E-state index in [2.05, 4.69) is 10.6 Å². The van der Waals surface area contributed by atoms with E-state index in [-0.39, 0.29) is 11.7 Å². The quantitative estimate of drug-likeness (QED) is 0.463. The summed E-state index contributed by atoms with van der Waals surface area (Å²) in [5.74, 6) is 2.57. The molecule has 2 aliphatic rings. The van der Waals surface area contributed by atoms with Crippen LogP contribution in [0.15, 0.2) is 71.9 Å². The molecule has 2 atom stereocenters. The molecule has 0 unspecified atom stereocenters. The first-order valence-electron chi connectivity index (χ1n) is 11.9. The number of nitrogens with one attached hydrogen (secondary N) is 2. The van der Waals surface area contributed by atoms with Gasteiger partial charge in [0.15, 0.2) is 17.3 Å². The van der Waals surface area contributed by atoms with Crippen molar-refractivity contribution in [3.63, 3.8) is 0 Å². The Morgan fingerprint density at radius 1 is 0.750 bits per heavy atom. The van der Waals surface area contributed by atoms with Crippen LogP contribution in [0.2, 0.25) is 0 Å². The lowest BCUT2D eigenvalue weighted by atomic mass is 9.78. The fourth-order valence-electron chi connectivity index (χ4n) is 5.12. The maximum Gasteiger partial charge on any atom is 0.203 e. The number of ketones is 1. The monoisotopic (exact) mass is 486 g/mol. The largest absolute Gasteiger partial charge is 0.497 e. The van der Waals surface area contributed by atoms with E-state index in [1.807, 2.05) is 60.7 Å². The average molecular weight is 487 g/mol. The van der Waals surface area contributed by atoms with Gasteiger partial charge in [-0.1, -0.05) is 24.3 Å². The molecule has 3 aromatic carbocycles. The van der Waals surface area contributed by atoms with Gasteiger partial charge in [0.2, 0.25) is 5.75 Å². The first kappa shape index (κ1) is 23.6. The first-order valence-corrected chi connectivity index (χ1v) is 11.9. The number of rotatable bonds is 6. The van der Waals surface area contributed by atoms with E-state index in [1.165, 1.54) is 0 Å². The van der Waals surface area contributed by atoms with Crippen molar-refractivity contribution in [1.29, 1.82) is 0 Å². The molecule has 5 rings (SSSR count). The lowest BCUT2D eigenvalue weighted by molar-refractivity contribution is -0.116. The summed E-state index contributed by atoms with van der Waals surface area (Å²) in [5.41, 5.74) is 5.47. The van der Waals surface area contributed by atoms with Gasteiger partial charge < -0.3 is 29.6 Å². The lowest BCUT2D eigenvalue weighted by Gasteiger charge is -2.30. The van der Waals surface area contributed by atoms with Gasteiger partial charge in [-0.15, -0.1) is 0 Å². The zero-order valence-corrected chi connectivity index (χ0v) is 20.9. The number of ether oxygens (including phenoxy) is 4. The molecule has 1 aliphatic carbocycles. The molecule has 0 spiro atoms. The van der Waals surface area contributed by atoms with Gasteiger partial charge in [-0.3, -0.25) is 4.79 Å². The Morgan fingerprint density at radius 2 is 1.42 bits per heavy atom. The minimum Gasteiger partial charge on any atom is -0.497 e. The third-order valence-corrected chi connectivity index (χ3v) is 6.92. The first-order chi connectivity index (χ1) is 17.6. The minimum atomic E-state index is -0.394. The Balaban J connectivity index is 1.62. The number of carbonyl (C=O) groups is 1. The third-order valence-electron chi connectivity index (χ3n) is 6.92. The van der Waals surface area contributed by atoms with Gasteiger partial charge in [-0.2, -0.15) is 0 Å². The standard InChI is InChI=1S/C29H30N2O5/c1-33-20-11-9-17(10-12-20)18-13-23-27(24(32)14-18)28(31-22-8-6-5-7-21(22)30-23)19-15-25(34-2)29(36-4)26(16-19)35-3/h5-12,15-16,18,28,30-31H,13-14H2,1-4H3/t18-,28-/m1/s1. The van der Waals surface area contributed by atoms with Gasteiger partial charge in [0, 0.05) is 17.7 Å². The van der Waals surface area contributed by atoms with Crippen LogP contribution in [0, 0.1) is 0 Å². The van der Waals surface area contributed by atoms with Crippen molar-refractivity contribution in [3.05, 3.63) is 83.1 Å². The van der Waals surface area contributed by atoms with Gasteiger partial charge in [0.1, 0.15) is 5.75 Å². The van der Waals surface area contributed by atoms with Crippen molar-refractivity contribution < 1.29 is 23.7 Å². The highest BCUT2D eigenvalue weighted by Gasteiger charge is 2.36. The van der Waals surface area contributed by atoms with Crippen molar-refractivity contribution in [3.8, 4) is 23.0 Å². The van der Waals surface area contributed by atoms with Crippen molar-refractivity contribution >= 4 is 17.2 Å². The molecule has 0 fully saturated rings. The number of anilines is 2. The summed E-state index contributed by atoms with van der Waals surface area (Å²) in [6.07, 6.45) is 1.14. The van der Waals surface area contributed by atoms with Gasteiger partial charge in [0.25, 0.3) is 0 Å². The Morgan fingerprint density at radius 3 is 2.03 bits per heavy atom. The van der Waals surface area contributed by atoms with Gasteiger partial charge >= 0.3 is 0 Å². The molecule has 186 valence electrons. The van der Waals surface area contributed by atoms with Crippen LogP contribution in [0.5, 0.6) is 23.0 Å². The summed E-state index contributed by atoms with van der Waals surface area (Å²) in [6, 6.07) is 19.4. The Labute approximate surface area is 211 Å². The fourth-order valence-corrected chi connectivity index (χ4v) is 5.12. The van der Waals surface area contributed by atoms with Crippen LogP contribution < -0.4 is 29.6 Å². The van der Waals surface area contributed by atoms with Crippen molar-refractivity contribution in [2.24, 2.45) is 0 Å².